The number of hydrogen-bond acceptors (Lipinski definition) is 7. The van der Waals surface area contributed by atoms with Gasteiger partial charge in [-0.15, -0.1) is 16.4 Å². The van der Waals surface area contributed by atoms with Gasteiger partial charge in [-0.25, -0.2) is 9.48 Å². The molecule has 8 heteroatoms. The zero-order chi connectivity index (χ0) is 21.9. The number of esters is 1. The van der Waals surface area contributed by atoms with Crippen molar-refractivity contribution >= 4 is 35.0 Å². The Kier molecular flexibility index (Phi) is 6.32. The highest BCUT2D eigenvalue weighted by Gasteiger charge is 2.36. The smallest absolute Gasteiger partial charge is 0.338 e. The zero-order valence-electron chi connectivity index (χ0n) is 18.0. The van der Waals surface area contributed by atoms with Crippen LogP contribution in [0.15, 0.2) is 64.3 Å². The highest BCUT2D eigenvalue weighted by Crippen LogP contribution is 2.39. The van der Waals surface area contributed by atoms with Gasteiger partial charge in [0.25, 0.3) is 0 Å². The Morgan fingerprint density at radius 1 is 1.19 bits per heavy atom. The molecular formula is C24H26N4O2S2. The van der Waals surface area contributed by atoms with Gasteiger partial charge in [-0.3, -0.25) is 0 Å². The molecule has 2 aromatic heterocycles. The first kappa shape index (κ1) is 21.3. The Hall–Kier alpha value is -2.58. The molecule has 1 unspecified atom stereocenters. The highest BCUT2D eigenvalue weighted by molar-refractivity contribution is 7.98. The molecule has 0 amide bonds. The standard InChI is InChI=1S/C24H26N4O2S2/c1-16-20(22(29)30-18-11-6-3-7-12-18)21(19-13-8-14-31-19)28-23(25-16)26-24(27-28)32-15-17-9-4-2-5-10-17/h2,4-5,8-10,13-14,18,21H,3,6-7,11-12,15H2,1H3,(H,25,26,27). The van der Waals surface area contributed by atoms with Crippen LogP contribution < -0.4 is 5.32 Å². The largest absolute Gasteiger partial charge is 0.459 e. The number of ether oxygens (including phenoxy) is 1. The molecule has 2 aliphatic rings. The van der Waals surface area contributed by atoms with Crippen molar-refractivity contribution < 1.29 is 9.53 Å². The molecule has 1 fully saturated rings. The van der Waals surface area contributed by atoms with E-state index in [-0.39, 0.29) is 18.1 Å². The molecule has 1 aliphatic carbocycles. The number of anilines is 1. The van der Waals surface area contributed by atoms with Crippen LogP contribution in [0, 0.1) is 0 Å². The molecule has 3 heterocycles. The predicted octanol–water partition coefficient (Wildman–Crippen LogP) is 5.80. The molecule has 1 aliphatic heterocycles. The molecule has 0 saturated heterocycles. The van der Waals surface area contributed by atoms with Crippen molar-refractivity contribution in [3.63, 3.8) is 0 Å². The summed E-state index contributed by atoms with van der Waals surface area (Å²) >= 11 is 3.21. The van der Waals surface area contributed by atoms with Crippen molar-refractivity contribution in [2.75, 3.05) is 5.32 Å². The topological polar surface area (TPSA) is 69.0 Å². The van der Waals surface area contributed by atoms with E-state index in [0.717, 1.165) is 42.0 Å². The molecule has 3 aromatic rings. The van der Waals surface area contributed by atoms with Crippen LogP contribution in [-0.4, -0.2) is 26.8 Å². The molecule has 1 saturated carbocycles. The number of thiophene rings is 1. The van der Waals surface area contributed by atoms with Crippen LogP contribution in [0.5, 0.6) is 0 Å². The highest BCUT2D eigenvalue weighted by atomic mass is 32.2. The quantitative estimate of drug-likeness (QED) is 0.366. The van der Waals surface area contributed by atoms with Crippen LogP contribution in [0.2, 0.25) is 0 Å². The Bertz CT molecular complexity index is 1100. The number of carbonyl (C=O) groups excluding carboxylic acids is 1. The molecule has 0 bridgehead atoms. The third kappa shape index (κ3) is 4.47. The monoisotopic (exact) mass is 466 g/mol. The lowest BCUT2D eigenvalue weighted by atomic mass is 9.97. The van der Waals surface area contributed by atoms with Crippen LogP contribution in [0.1, 0.15) is 55.5 Å². The van der Waals surface area contributed by atoms with Gasteiger partial charge in [0.05, 0.1) is 5.57 Å². The summed E-state index contributed by atoms with van der Waals surface area (Å²) in [5.74, 6) is 1.20. The third-order valence-electron chi connectivity index (χ3n) is 5.90. The second-order valence-electron chi connectivity index (χ2n) is 8.18. The Balaban J connectivity index is 1.42. The lowest BCUT2D eigenvalue weighted by Crippen LogP contribution is -2.31. The van der Waals surface area contributed by atoms with E-state index in [0.29, 0.717) is 16.7 Å². The fraction of sp³-hybridized carbons (Fsp3) is 0.375. The minimum Gasteiger partial charge on any atom is -0.459 e. The maximum absolute atomic E-state index is 13.3. The van der Waals surface area contributed by atoms with Crippen LogP contribution in [0.25, 0.3) is 0 Å². The number of nitrogens with zero attached hydrogens (tertiary/aromatic N) is 3. The van der Waals surface area contributed by atoms with Gasteiger partial charge in [-0.1, -0.05) is 54.6 Å². The normalized spacial score (nSPS) is 18.8. The summed E-state index contributed by atoms with van der Waals surface area (Å²) in [6, 6.07) is 14.0. The zero-order valence-corrected chi connectivity index (χ0v) is 19.6. The summed E-state index contributed by atoms with van der Waals surface area (Å²) in [6.07, 6.45) is 5.37. The summed E-state index contributed by atoms with van der Waals surface area (Å²) in [6.45, 7) is 1.92. The summed E-state index contributed by atoms with van der Waals surface area (Å²) in [5, 5.41) is 10.8. The SMILES string of the molecule is CC1=C(C(=O)OC2CCCCC2)C(c2cccs2)n2nc(SCc3ccccc3)nc2N1. The molecule has 0 spiro atoms. The van der Waals surface area contributed by atoms with E-state index >= 15 is 0 Å². The number of benzene rings is 1. The Labute approximate surface area is 196 Å². The molecule has 1 atom stereocenters. The number of fused-ring (bicyclic) bond motifs is 1. The van der Waals surface area contributed by atoms with Crippen molar-refractivity contribution in [1.82, 2.24) is 14.8 Å². The lowest BCUT2D eigenvalue weighted by molar-refractivity contribution is -0.146. The summed E-state index contributed by atoms with van der Waals surface area (Å²) in [4.78, 5) is 19.1. The number of rotatable bonds is 6. The first-order valence-electron chi connectivity index (χ1n) is 11.0. The number of nitrogens with one attached hydrogen (secondary N) is 1. The van der Waals surface area contributed by atoms with Gasteiger partial charge in [-0.2, -0.15) is 4.98 Å². The maximum Gasteiger partial charge on any atom is 0.338 e. The maximum atomic E-state index is 13.3. The molecule has 1 aromatic carbocycles. The van der Waals surface area contributed by atoms with Gasteiger partial charge >= 0.3 is 5.97 Å². The van der Waals surface area contributed by atoms with Gasteiger partial charge < -0.3 is 10.1 Å². The fourth-order valence-corrected chi connectivity index (χ4v) is 5.89. The Morgan fingerprint density at radius 2 is 2.00 bits per heavy atom. The first-order chi connectivity index (χ1) is 15.7. The number of allylic oxidation sites excluding steroid dienone is 1. The molecule has 6 nitrogen and oxygen atoms in total. The Morgan fingerprint density at radius 3 is 2.75 bits per heavy atom. The van der Waals surface area contributed by atoms with E-state index in [2.05, 4.69) is 17.4 Å². The van der Waals surface area contributed by atoms with E-state index < -0.39 is 0 Å². The summed E-state index contributed by atoms with van der Waals surface area (Å²) in [5.41, 5.74) is 2.62. The average molecular weight is 467 g/mol. The van der Waals surface area contributed by atoms with Gasteiger partial charge in [0.15, 0.2) is 0 Å². The predicted molar refractivity (Wildman–Crippen MR) is 128 cm³/mol. The van der Waals surface area contributed by atoms with Crippen LogP contribution in [-0.2, 0) is 15.3 Å². The number of hydrogen-bond donors (Lipinski definition) is 1. The number of thioether (sulfide) groups is 1. The van der Waals surface area contributed by atoms with Crippen molar-refractivity contribution in [3.05, 3.63) is 69.6 Å². The molecule has 32 heavy (non-hydrogen) atoms. The molecule has 1 N–H and O–H groups in total. The first-order valence-corrected chi connectivity index (χ1v) is 12.9. The molecular weight excluding hydrogens is 440 g/mol. The average Bonchev–Trinajstić information content (AvgIpc) is 3.48. The lowest BCUT2D eigenvalue weighted by Gasteiger charge is -2.29. The minimum atomic E-state index is -0.332. The van der Waals surface area contributed by atoms with Crippen LogP contribution >= 0.6 is 23.1 Å². The van der Waals surface area contributed by atoms with Gasteiger partial charge in [0, 0.05) is 16.3 Å². The van der Waals surface area contributed by atoms with Crippen molar-refractivity contribution in [1.29, 1.82) is 0 Å². The van der Waals surface area contributed by atoms with Crippen LogP contribution in [0.4, 0.5) is 5.95 Å². The second kappa shape index (κ2) is 9.50. The molecule has 5 rings (SSSR count). The number of carbonyl (C=O) groups is 1. The molecule has 166 valence electrons. The van der Waals surface area contributed by atoms with Gasteiger partial charge in [0.2, 0.25) is 11.1 Å². The van der Waals surface area contributed by atoms with Gasteiger partial charge in [0.1, 0.15) is 12.1 Å². The minimum absolute atomic E-state index is 0.00895. The summed E-state index contributed by atoms with van der Waals surface area (Å²) < 4.78 is 7.79. The van der Waals surface area contributed by atoms with Gasteiger partial charge in [-0.05, 0) is 49.6 Å². The third-order valence-corrected chi connectivity index (χ3v) is 7.74. The van der Waals surface area contributed by atoms with E-state index in [1.54, 1.807) is 23.1 Å². The number of aromatic nitrogens is 3. The second-order valence-corrected chi connectivity index (χ2v) is 10.1. The van der Waals surface area contributed by atoms with E-state index in [1.165, 1.54) is 12.0 Å². The van der Waals surface area contributed by atoms with Crippen LogP contribution in [0.3, 0.4) is 0 Å². The van der Waals surface area contributed by atoms with E-state index in [4.69, 9.17) is 14.8 Å². The van der Waals surface area contributed by atoms with Crippen molar-refractivity contribution in [2.24, 2.45) is 0 Å². The van der Waals surface area contributed by atoms with E-state index in [9.17, 15) is 4.79 Å². The van der Waals surface area contributed by atoms with Crippen molar-refractivity contribution in [2.45, 2.75) is 62.1 Å². The fourth-order valence-electron chi connectivity index (χ4n) is 4.29. The summed E-state index contributed by atoms with van der Waals surface area (Å²) in [7, 11) is 0. The molecule has 0 radical (unpaired) electrons. The van der Waals surface area contributed by atoms with E-state index in [1.807, 2.05) is 47.3 Å². The van der Waals surface area contributed by atoms with Crippen molar-refractivity contribution in [3.8, 4) is 0 Å².